The van der Waals surface area contributed by atoms with E-state index in [4.69, 9.17) is 0 Å². The van der Waals surface area contributed by atoms with Gasteiger partial charge in [-0.1, -0.05) is 18.2 Å². The number of nitrogens with zero attached hydrogens (tertiary/aromatic N) is 8. The fraction of sp³-hybridized carbons (Fsp3) is 0.208. The molecular weight excluding hydrogens is 470 g/mol. The van der Waals surface area contributed by atoms with Crippen molar-refractivity contribution in [2.75, 3.05) is 0 Å². The van der Waals surface area contributed by atoms with Gasteiger partial charge in [0, 0.05) is 24.0 Å². The average molecular weight is 492 g/mol. The molecule has 2 atom stereocenters. The molecule has 0 amide bonds. The Morgan fingerprint density at radius 3 is 2.44 bits per heavy atom. The first kappa shape index (κ1) is 23.3. The normalized spacial score (nSPS) is 14.0. The summed E-state index contributed by atoms with van der Waals surface area (Å²) in [7, 11) is 0. The molecule has 36 heavy (non-hydrogen) atoms. The maximum atomic E-state index is 14.8. The molecule has 5 rings (SSSR count). The number of aromatic nitrogens is 8. The Kier molecular flexibility index (Phi) is 6.02. The highest BCUT2D eigenvalue weighted by atomic mass is 19.1. The highest BCUT2D eigenvalue weighted by molar-refractivity contribution is 5.35. The minimum absolute atomic E-state index is 0.164. The van der Waals surface area contributed by atoms with Gasteiger partial charge in [-0.15, -0.1) is 0 Å². The summed E-state index contributed by atoms with van der Waals surface area (Å²) in [4.78, 5) is 18.8. The monoisotopic (exact) mass is 492 g/mol. The number of hydrogen-bond acceptors (Lipinski definition) is 6. The van der Waals surface area contributed by atoms with Gasteiger partial charge in [-0.05, 0) is 30.7 Å². The van der Waals surface area contributed by atoms with Gasteiger partial charge in [-0.25, -0.2) is 23.2 Å². The van der Waals surface area contributed by atoms with Crippen LogP contribution >= 0.6 is 0 Å². The lowest BCUT2D eigenvalue weighted by Gasteiger charge is -2.35. The number of imidazole rings is 1. The summed E-state index contributed by atoms with van der Waals surface area (Å²) in [6.07, 6.45) is 8.93. The second-order valence-corrected chi connectivity index (χ2v) is 8.40. The summed E-state index contributed by atoms with van der Waals surface area (Å²) in [6, 6.07) is 9.27. The third kappa shape index (κ3) is 4.33. The van der Waals surface area contributed by atoms with Crippen LogP contribution in [0, 0.1) is 11.6 Å². The van der Waals surface area contributed by atoms with E-state index in [0.717, 1.165) is 11.6 Å². The molecule has 1 N–H and O–H groups in total. The molecular formula is C24H22F2N8O2. The molecule has 3 heterocycles. The third-order valence-electron chi connectivity index (χ3n) is 6.18. The SMILES string of the molecule is CC(n1ccn(-c2ccc(Cn3nccn3)cc2)c1=O)C(O)(Cn1cncn1)c1ccc(F)cc1F. The van der Waals surface area contributed by atoms with Crippen molar-refractivity contribution in [3.05, 3.63) is 113 Å². The molecule has 184 valence electrons. The largest absolute Gasteiger partial charge is 0.381 e. The van der Waals surface area contributed by atoms with Crippen LogP contribution in [0.1, 0.15) is 24.1 Å². The van der Waals surface area contributed by atoms with Crippen LogP contribution in [0.25, 0.3) is 5.69 Å². The van der Waals surface area contributed by atoms with E-state index in [1.54, 1.807) is 42.4 Å². The third-order valence-corrected chi connectivity index (χ3v) is 6.18. The molecule has 0 saturated carbocycles. The van der Waals surface area contributed by atoms with E-state index in [1.165, 1.54) is 38.7 Å². The van der Waals surface area contributed by atoms with Gasteiger partial charge in [-0.2, -0.15) is 20.1 Å². The molecule has 10 nitrogen and oxygen atoms in total. The van der Waals surface area contributed by atoms with Crippen molar-refractivity contribution in [1.29, 1.82) is 0 Å². The molecule has 3 aromatic heterocycles. The number of benzene rings is 2. The fourth-order valence-electron chi connectivity index (χ4n) is 4.21. The van der Waals surface area contributed by atoms with Crippen LogP contribution in [-0.2, 0) is 18.7 Å². The predicted octanol–water partition coefficient (Wildman–Crippen LogP) is 2.30. The minimum atomic E-state index is -1.96. The number of hydrogen-bond donors (Lipinski definition) is 1. The maximum absolute atomic E-state index is 14.8. The zero-order valence-corrected chi connectivity index (χ0v) is 19.2. The van der Waals surface area contributed by atoms with Crippen LogP contribution < -0.4 is 5.69 Å². The van der Waals surface area contributed by atoms with Crippen molar-refractivity contribution < 1.29 is 13.9 Å². The van der Waals surface area contributed by atoms with Crippen molar-refractivity contribution in [1.82, 2.24) is 38.9 Å². The van der Waals surface area contributed by atoms with Crippen LogP contribution in [0.5, 0.6) is 0 Å². The molecule has 0 saturated heterocycles. The lowest BCUT2D eigenvalue weighted by molar-refractivity contribution is -0.0342. The van der Waals surface area contributed by atoms with Gasteiger partial charge in [0.05, 0.1) is 37.2 Å². The van der Waals surface area contributed by atoms with Gasteiger partial charge >= 0.3 is 5.69 Å². The summed E-state index contributed by atoms with van der Waals surface area (Å²) < 4.78 is 32.5. The number of aliphatic hydroxyl groups is 1. The lowest BCUT2D eigenvalue weighted by atomic mass is 9.86. The molecule has 5 aromatic rings. The van der Waals surface area contributed by atoms with E-state index in [2.05, 4.69) is 20.3 Å². The van der Waals surface area contributed by atoms with E-state index in [0.29, 0.717) is 18.3 Å². The summed E-state index contributed by atoms with van der Waals surface area (Å²) in [5, 5.41) is 23.9. The highest BCUT2D eigenvalue weighted by Gasteiger charge is 2.41. The Labute approximate surface area is 203 Å². The molecule has 0 fully saturated rings. The first-order valence-corrected chi connectivity index (χ1v) is 11.1. The van der Waals surface area contributed by atoms with Crippen LogP contribution in [-0.4, -0.2) is 44.0 Å². The molecule has 2 aromatic carbocycles. The smallest absolute Gasteiger partial charge is 0.333 e. The average Bonchev–Trinajstić information content (AvgIpc) is 3.62. The Hall–Kier alpha value is -4.45. The predicted molar refractivity (Wildman–Crippen MR) is 124 cm³/mol. The molecule has 0 aliphatic heterocycles. The lowest BCUT2D eigenvalue weighted by Crippen LogP contribution is -2.43. The van der Waals surface area contributed by atoms with Gasteiger partial charge in [0.25, 0.3) is 0 Å². The summed E-state index contributed by atoms with van der Waals surface area (Å²) in [5.74, 6) is -1.71. The van der Waals surface area contributed by atoms with Crippen molar-refractivity contribution in [3.63, 3.8) is 0 Å². The molecule has 0 spiro atoms. The first-order valence-electron chi connectivity index (χ1n) is 11.1. The van der Waals surface area contributed by atoms with E-state index in [1.807, 2.05) is 12.1 Å². The summed E-state index contributed by atoms with van der Waals surface area (Å²) in [6.45, 7) is 1.86. The molecule has 0 bridgehead atoms. The number of rotatable bonds is 8. The van der Waals surface area contributed by atoms with Gasteiger partial charge in [0.1, 0.15) is 29.9 Å². The van der Waals surface area contributed by atoms with Crippen molar-refractivity contribution in [2.24, 2.45) is 0 Å². The van der Waals surface area contributed by atoms with Gasteiger partial charge in [0.2, 0.25) is 0 Å². The quantitative estimate of drug-likeness (QED) is 0.356. The van der Waals surface area contributed by atoms with Crippen LogP contribution in [0.4, 0.5) is 8.78 Å². The highest BCUT2D eigenvalue weighted by Crippen LogP contribution is 2.36. The second kappa shape index (κ2) is 9.30. The van der Waals surface area contributed by atoms with Crippen molar-refractivity contribution >= 4 is 0 Å². The van der Waals surface area contributed by atoms with Gasteiger partial charge < -0.3 is 5.11 Å². The van der Waals surface area contributed by atoms with Crippen LogP contribution in [0.2, 0.25) is 0 Å². The molecule has 12 heteroatoms. The zero-order valence-electron chi connectivity index (χ0n) is 19.2. The minimum Gasteiger partial charge on any atom is -0.381 e. The van der Waals surface area contributed by atoms with E-state index < -0.39 is 29.0 Å². The standard InChI is InChI=1S/C24H22F2N8O2/c1-17(24(36,14-31-16-27-15-30-31)21-7-4-19(25)12-22(21)26)32-10-11-33(23(32)35)20-5-2-18(3-6-20)13-34-28-8-9-29-34/h2-12,15-17,36H,13-14H2,1H3. The maximum Gasteiger partial charge on any atom is 0.333 e. The van der Waals surface area contributed by atoms with Crippen molar-refractivity contribution in [3.8, 4) is 5.69 Å². The Bertz CT molecular complexity index is 1510. The van der Waals surface area contributed by atoms with E-state index in [-0.39, 0.29) is 12.1 Å². The number of halogens is 2. The summed E-state index contributed by atoms with van der Waals surface area (Å²) in [5.41, 5.74) is -1.00. The van der Waals surface area contributed by atoms with E-state index >= 15 is 0 Å². The molecule has 0 aliphatic rings. The van der Waals surface area contributed by atoms with Crippen molar-refractivity contribution in [2.45, 2.75) is 31.7 Å². The fourth-order valence-corrected chi connectivity index (χ4v) is 4.21. The Morgan fingerprint density at radius 2 is 1.78 bits per heavy atom. The molecule has 0 radical (unpaired) electrons. The molecule has 2 unspecified atom stereocenters. The zero-order chi connectivity index (χ0) is 25.3. The van der Waals surface area contributed by atoms with E-state index in [9.17, 15) is 18.7 Å². The summed E-state index contributed by atoms with van der Waals surface area (Å²) >= 11 is 0. The molecule has 0 aliphatic carbocycles. The first-order chi connectivity index (χ1) is 17.3. The second-order valence-electron chi connectivity index (χ2n) is 8.40. The topological polar surface area (TPSA) is 109 Å². The van der Waals surface area contributed by atoms with Gasteiger partial charge in [-0.3, -0.25) is 9.13 Å². The van der Waals surface area contributed by atoms with Gasteiger partial charge in [0.15, 0.2) is 0 Å². The Morgan fingerprint density at radius 1 is 1.03 bits per heavy atom. The van der Waals surface area contributed by atoms with Crippen LogP contribution in [0.15, 0.2) is 84.7 Å². The van der Waals surface area contributed by atoms with Crippen LogP contribution in [0.3, 0.4) is 0 Å². The Balaban J connectivity index is 1.49.